The van der Waals surface area contributed by atoms with Gasteiger partial charge in [0, 0.05) is 0 Å². The van der Waals surface area contributed by atoms with Gasteiger partial charge in [0.25, 0.3) is 5.91 Å². The van der Waals surface area contributed by atoms with Crippen LogP contribution in [0.3, 0.4) is 0 Å². The highest BCUT2D eigenvalue weighted by Crippen LogP contribution is 2.37. The van der Waals surface area contributed by atoms with E-state index in [2.05, 4.69) is 5.32 Å². The van der Waals surface area contributed by atoms with E-state index in [0.29, 0.717) is 11.5 Å². The topological polar surface area (TPSA) is 88.9 Å². The summed E-state index contributed by atoms with van der Waals surface area (Å²) in [4.78, 5) is 37.9. The molecule has 1 aromatic heterocycles. The highest BCUT2D eigenvalue weighted by atomic mass is 19.4. The van der Waals surface area contributed by atoms with E-state index in [1.54, 1.807) is 13.8 Å². The maximum Gasteiger partial charge on any atom is 0.416 e. The standard InChI is InChI=1S/C19H17F3N2O5/c1-9-6-13(10(2)28-9)18(27)29-11(3)17(26)24-8-16(25)23-14-7-12(19(20,21)22)4-5-15(14)24/h4-7,11H,8H2,1-3H3,(H,23,25). The number of hydrogen-bond donors (Lipinski definition) is 1. The summed E-state index contributed by atoms with van der Waals surface area (Å²) in [5.74, 6) is -1.36. The molecular formula is C19H17F3N2O5. The van der Waals surface area contributed by atoms with E-state index < -0.39 is 42.2 Å². The zero-order valence-corrected chi connectivity index (χ0v) is 15.7. The molecule has 2 amide bonds. The average Bonchev–Trinajstić information content (AvgIpc) is 2.97. The third-order valence-corrected chi connectivity index (χ3v) is 4.35. The van der Waals surface area contributed by atoms with Crippen LogP contribution in [-0.2, 0) is 20.5 Å². The first-order chi connectivity index (χ1) is 13.5. The van der Waals surface area contributed by atoms with Gasteiger partial charge in [-0.3, -0.25) is 14.5 Å². The first-order valence-electron chi connectivity index (χ1n) is 8.58. The maximum absolute atomic E-state index is 12.9. The molecule has 0 saturated carbocycles. The fraction of sp³-hybridized carbons (Fsp3) is 0.316. The molecule has 10 heteroatoms. The third kappa shape index (κ3) is 4.10. The lowest BCUT2D eigenvalue weighted by Gasteiger charge is -2.31. The molecule has 0 radical (unpaired) electrons. The molecular weight excluding hydrogens is 393 g/mol. The number of anilines is 2. The van der Waals surface area contributed by atoms with Crippen molar-refractivity contribution in [3.8, 4) is 0 Å². The monoisotopic (exact) mass is 410 g/mol. The smallest absolute Gasteiger partial charge is 0.416 e. The molecule has 0 spiro atoms. The molecule has 1 unspecified atom stereocenters. The highest BCUT2D eigenvalue weighted by Gasteiger charge is 2.35. The van der Waals surface area contributed by atoms with Crippen LogP contribution in [0.15, 0.2) is 28.7 Å². The van der Waals surface area contributed by atoms with Gasteiger partial charge in [-0.15, -0.1) is 0 Å². The fourth-order valence-corrected chi connectivity index (χ4v) is 2.99. The zero-order valence-electron chi connectivity index (χ0n) is 15.7. The molecule has 1 atom stereocenters. The van der Waals surface area contributed by atoms with Crippen LogP contribution in [0, 0.1) is 13.8 Å². The summed E-state index contributed by atoms with van der Waals surface area (Å²) in [6.45, 7) is 4.12. The summed E-state index contributed by atoms with van der Waals surface area (Å²) < 4.78 is 49.2. The van der Waals surface area contributed by atoms with Crippen molar-refractivity contribution in [2.45, 2.75) is 33.1 Å². The Balaban J connectivity index is 1.83. The van der Waals surface area contributed by atoms with Gasteiger partial charge in [0.2, 0.25) is 5.91 Å². The average molecular weight is 410 g/mol. The van der Waals surface area contributed by atoms with Crippen LogP contribution in [0.25, 0.3) is 0 Å². The second-order valence-electron chi connectivity index (χ2n) is 6.58. The minimum atomic E-state index is -4.60. The lowest BCUT2D eigenvalue weighted by Crippen LogP contribution is -2.47. The van der Waals surface area contributed by atoms with Crippen molar-refractivity contribution >= 4 is 29.2 Å². The summed E-state index contributed by atoms with van der Waals surface area (Å²) >= 11 is 0. The Kier molecular flexibility index (Phi) is 5.12. The number of aryl methyl sites for hydroxylation is 2. The van der Waals surface area contributed by atoms with Crippen LogP contribution in [0.5, 0.6) is 0 Å². The number of carbonyl (C=O) groups excluding carboxylic acids is 3. The minimum Gasteiger partial charge on any atom is -0.466 e. The van der Waals surface area contributed by atoms with Gasteiger partial charge in [-0.25, -0.2) is 4.79 Å². The van der Waals surface area contributed by atoms with Crippen LogP contribution < -0.4 is 10.2 Å². The van der Waals surface area contributed by atoms with Crippen molar-refractivity contribution in [1.29, 1.82) is 0 Å². The molecule has 1 aliphatic heterocycles. The van der Waals surface area contributed by atoms with E-state index in [1.165, 1.54) is 13.0 Å². The fourth-order valence-electron chi connectivity index (χ4n) is 2.99. The number of furan rings is 1. The first kappa shape index (κ1) is 20.4. The Labute approximate surface area is 163 Å². The zero-order chi connectivity index (χ0) is 21.5. The quantitative estimate of drug-likeness (QED) is 0.783. The Hall–Kier alpha value is -3.30. The number of alkyl halides is 3. The molecule has 0 saturated heterocycles. The summed E-state index contributed by atoms with van der Waals surface area (Å²) in [6, 6.07) is 4.12. The van der Waals surface area contributed by atoms with Gasteiger partial charge in [-0.05, 0) is 45.0 Å². The molecule has 1 N–H and O–H groups in total. The van der Waals surface area contributed by atoms with Gasteiger partial charge in [0.1, 0.15) is 23.6 Å². The predicted octanol–water partition coefficient (Wildman–Crippen LogP) is 3.45. The second-order valence-corrected chi connectivity index (χ2v) is 6.58. The highest BCUT2D eigenvalue weighted by molar-refractivity contribution is 6.11. The number of carbonyl (C=O) groups is 3. The van der Waals surface area contributed by atoms with Gasteiger partial charge in [-0.1, -0.05) is 0 Å². The molecule has 2 heterocycles. The van der Waals surface area contributed by atoms with Gasteiger partial charge >= 0.3 is 12.1 Å². The molecule has 1 aromatic carbocycles. The molecule has 154 valence electrons. The van der Waals surface area contributed by atoms with Crippen molar-refractivity contribution in [2.24, 2.45) is 0 Å². The number of esters is 1. The third-order valence-electron chi connectivity index (χ3n) is 4.35. The van der Waals surface area contributed by atoms with Crippen LogP contribution in [0.4, 0.5) is 24.5 Å². The molecule has 2 aromatic rings. The lowest BCUT2D eigenvalue weighted by atomic mass is 10.1. The number of fused-ring (bicyclic) bond motifs is 1. The number of nitrogens with zero attached hydrogens (tertiary/aromatic N) is 1. The summed E-state index contributed by atoms with van der Waals surface area (Å²) in [5, 5.41) is 2.32. The minimum absolute atomic E-state index is 0.0841. The molecule has 0 bridgehead atoms. The number of nitrogens with one attached hydrogen (secondary N) is 1. The van der Waals surface area contributed by atoms with E-state index in [4.69, 9.17) is 9.15 Å². The normalized spacial score (nSPS) is 14.8. The van der Waals surface area contributed by atoms with Gasteiger partial charge in [0.15, 0.2) is 6.10 Å². The molecule has 0 fully saturated rings. The van der Waals surface area contributed by atoms with Crippen LogP contribution in [0.1, 0.15) is 34.4 Å². The van der Waals surface area contributed by atoms with Crippen molar-refractivity contribution in [3.63, 3.8) is 0 Å². The number of ether oxygens (including phenoxy) is 1. The Morgan fingerprint density at radius 1 is 1.24 bits per heavy atom. The Morgan fingerprint density at radius 3 is 2.52 bits per heavy atom. The molecule has 3 rings (SSSR count). The Bertz CT molecular complexity index is 996. The van der Waals surface area contributed by atoms with E-state index in [0.717, 1.165) is 23.1 Å². The molecule has 1 aliphatic rings. The lowest BCUT2D eigenvalue weighted by molar-refractivity contribution is -0.137. The van der Waals surface area contributed by atoms with E-state index >= 15 is 0 Å². The Morgan fingerprint density at radius 2 is 1.93 bits per heavy atom. The van der Waals surface area contributed by atoms with Crippen LogP contribution in [-0.4, -0.2) is 30.4 Å². The molecule has 0 aliphatic carbocycles. The maximum atomic E-state index is 12.9. The van der Waals surface area contributed by atoms with Crippen LogP contribution >= 0.6 is 0 Å². The summed E-state index contributed by atoms with van der Waals surface area (Å²) in [7, 11) is 0. The van der Waals surface area contributed by atoms with E-state index in [1.807, 2.05) is 0 Å². The number of hydrogen-bond acceptors (Lipinski definition) is 5. The summed E-state index contributed by atoms with van der Waals surface area (Å²) in [6.07, 6.45) is -5.88. The van der Waals surface area contributed by atoms with E-state index in [-0.39, 0.29) is 16.9 Å². The molecule has 7 nitrogen and oxygen atoms in total. The van der Waals surface area contributed by atoms with Crippen molar-refractivity contribution < 1.29 is 36.7 Å². The number of halogens is 3. The van der Waals surface area contributed by atoms with Gasteiger partial charge < -0.3 is 14.5 Å². The number of benzene rings is 1. The predicted molar refractivity (Wildman–Crippen MR) is 95.5 cm³/mol. The van der Waals surface area contributed by atoms with Crippen molar-refractivity contribution in [2.75, 3.05) is 16.8 Å². The van der Waals surface area contributed by atoms with Gasteiger partial charge in [-0.2, -0.15) is 13.2 Å². The van der Waals surface area contributed by atoms with Crippen molar-refractivity contribution in [3.05, 3.63) is 46.9 Å². The SMILES string of the molecule is Cc1cc(C(=O)OC(C)C(=O)N2CC(=O)Nc3cc(C(F)(F)F)ccc32)c(C)o1. The van der Waals surface area contributed by atoms with E-state index in [9.17, 15) is 27.6 Å². The van der Waals surface area contributed by atoms with Gasteiger partial charge in [0.05, 0.1) is 16.9 Å². The summed E-state index contributed by atoms with van der Waals surface area (Å²) in [5.41, 5.74) is -0.866. The largest absolute Gasteiger partial charge is 0.466 e. The second kappa shape index (κ2) is 7.26. The van der Waals surface area contributed by atoms with Crippen molar-refractivity contribution in [1.82, 2.24) is 0 Å². The van der Waals surface area contributed by atoms with Crippen LogP contribution in [0.2, 0.25) is 0 Å². The molecule has 29 heavy (non-hydrogen) atoms. The first-order valence-corrected chi connectivity index (χ1v) is 8.58. The number of rotatable bonds is 3. The number of amides is 2.